The molecule has 0 fully saturated rings. The summed E-state index contributed by atoms with van der Waals surface area (Å²) in [5.41, 5.74) is 1.44. The molecule has 13 heavy (non-hydrogen) atoms. The number of amides is 1. The van der Waals surface area contributed by atoms with Gasteiger partial charge in [-0.15, -0.1) is 0 Å². The summed E-state index contributed by atoms with van der Waals surface area (Å²) >= 11 is 0. The van der Waals surface area contributed by atoms with Crippen molar-refractivity contribution >= 4 is 5.91 Å². The number of pyridine rings is 1. The van der Waals surface area contributed by atoms with Gasteiger partial charge in [-0.2, -0.15) is 0 Å². The smallest absolute Gasteiger partial charge is 0.253 e. The van der Waals surface area contributed by atoms with E-state index in [0.717, 1.165) is 12.1 Å². The zero-order valence-electron chi connectivity index (χ0n) is 8.00. The third-order valence-electron chi connectivity index (χ3n) is 1.79. The van der Waals surface area contributed by atoms with Gasteiger partial charge in [0.05, 0.1) is 5.56 Å². The van der Waals surface area contributed by atoms with Gasteiger partial charge >= 0.3 is 0 Å². The van der Waals surface area contributed by atoms with Crippen molar-refractivity contribution in [1.29, 1.82) is 0 Å². The Labute approximate surface area is 78.2 Å². The summed E-state index contributed by atoms with van der Waals surface area (Å²) < 4.78 is 0. The molecule has 0 radical (unpaired) electrons. The van der Waals surface area contributed by atoms with Gasteiger partial charge in [-0.1, -0.05) is 6.92 Å². The average Bonchev–Trinajstić information content (AvgIpc) is 2.15. The zero-order valence-corrected chi connectivity index (χ0v) is 8.00. The Morgan fingerprint density at radius 3 is 3.00 bits per heavy atom. The first kappa shape index (κ1) is 9.71. The summed E-state index contributed by atoms with van der Waals surface area (Å²) in [6.07, 6.45) is 2.64. The summed E-state index contributed by atoms with van der Waals surface area (Å²) in [7, 11) is 0. The molecule has 0 aliphatic carbocycles. The van der Waals surface area contributed by atoms with Crippen molar-refractivity contribution in [3.05, 3.63) is 29.6 Å². The van der Waals surface area contributed by atoms with E-state index in [2.05, 4.69) is 10.3 Å². The number of nitrogens with zero attached hydrogens (tertiary/aromatic N) is 1. The lowest BCUT2D eigenvalue weighted by molar-refractivity contribution is 0.0952. The van der Waals surface area contributed by atoms with Crippen LogP contribution in [0.15, 0.2) is 18.3 Å². The minimum atomic E-state index is -0.0348. The average molecular weight is 178 g/mol. The number of aryl methyl sites for hydroxylation is 1. The van der Waals surface area contributed by atoms with E-state index in [9.17, 15) is 4.79 Å². The maximum absolute atomic E-state index is 11.5. The second kappa shape index (κ2) is 4.60. The van der Waals surface area contributed by atoms with Crippen LogP contribution in [0.3, 0.4) is 0 Å². The van der Waals surface area contributed by atoms with Crippen LogP contribution >= 0.6 is 0 Å². The molecule has 1 aromatic rings. The van der Waals surface area contributed by atoms with Crippen molar-refractivity contribution in [3.63, 3.8) is 0 Å². The van der Waals surface area contributed by atoms with E-state index in [1.54, 1.807) is 18.3 Å². The summed E-state index contributed by atoms with van der Waals surface area (Å²) in [4.78, 5) is 15.5. The topological polar surface area (TPSA) is 42.0 Å². The second-order valence-electron chi connectivity index (χ2n) is 2.89. The van der Waals surface area contributed by atoms with E-state index in [4.69, 9.17) is 0 Å². The van der Waals surface area contributed by atoms with Crippen LogP contribution in [0.1, 0.15) is 29.4 Å². The summed E-state index contributed by atoms with van der Waals surface area (Å²) in [5, 5.41) is 2.81. The molecule has 0 aliphatic rings. The number of carbonyl (C=O) groups is 1. The molecule has 0 saturated heterocycles. The Morgan fingerprint density at radius 1 is 1.62 bits per heavy atom. The first-order valence-corrected chi connectivity index (χ1v) is 4.45. The Kier molecular flexibility index (Phi) is 3.43. The molecule has 3 heteroatoms. The van der Waals surface area contributed by atoms with Gasteiger partial charge in [0.15, 0.2) is 0 Å². The minimum absolute atomic E-state index is 0.0348. The monoisotopic (exact) mass is 178 g/mol. The highest BCUT2D eigenvalue weighted by Crippen LogP contribution is 2.02. The van der Waals surface area contributed by atoms with Crippen LogP contribution < -0.4 is 5.32 Å². The van der Waals surface area contributed by atoms with Crippen molar-refractivity contribution in [1.82, 2.24) is 10.3 Å². The van der Waals surface area contributed by atoms with E-state index in [1.807, 2.05) is 13.8 Å². The second-order valence-corrected chi connectivity index (χ2v) is 2.89. The predicted octanol–water partition coefficient (Wildman–Crippen LogP) is 1.53. The maximum Gasteiger partial charge on any atom is 0.253 e. The molecule has 0 unspecified atom stereocenters. The zero-order chi connectivity index (χ0) is 9.68. The Bertz CT molecular complexity index is 297. The van der Waals surface area contributed by atoms with E-state index in [-0.39, 0.29) is 5.91 Å². The highest BCUT2D eigenvalue weighted by molar-refractivity contribution is 5.95. The number of hydrogen-bond acceptors (Lipinski definition) is 2. The van der Waals surface area contributed by atoms with E-state index in [0.29, 0.717) is 12.1 Å². The van der Waals surface area contributed by atoms with Gasteiger partial charge in [-0.25, -0.2) is 0 Å². The summed E-state index contributed by atoms with van der Waals surface area (Å²) in [5.74, 6) is -0.0348. The lowest BCUT2D eigenvalue weighted by Gasteiger charge is -2.04. The van der Waals surface area contributed by atoms with E-state index < -0.39 is 0 Å². The number of hydrogen-bond donors (Lipinski definition) is 1. The lowest BCUT2D eigenvalue weighted by atomic mass is 10.2. The number of nitrogens with one attached hydrogen (secondary N) is 1. The van der Waals surface area contributed by atoms with Crippen LogP contribution in [-0.4, -0.2) is 17.4 Å². The molecule has 1 aromatic heterocycles. The SMILES string of the molecule is CCCNC(=O)c1cccnc1C. The molecule has 1 N–H and O–H groups in total. The fourth-order valence-corrected chi connectivity index (χ4v) is 1.06. The Balaban J connectivity index is 2.71. The molecule has 0 aliphatic heterocycles. The van der Waals surface area contributed by atoms with Crippen molar-refractivity contribution in [2.24, 2.45) is 0 Å². The molecule has 1 rings (SSSR count). The fraction of sp³-hybridized carbons (Fsp3) is 0.400. The van der Waals surface area contributed by atoms with Crippen LogP contribution in [0.4, 0.5) is 0 Å². The fourth-order valence-electron chi connectivity index (χ4n) is 1.06. The number of rotatable bonds is 3. The molecular weight excluding hydrogens is 164 g/mol. The Morgan fingerprint density at radius 2 is 2.38 bits per heavy atom. The number of aromatic nitrogens is 1. The molecule has 0 saturated carbocycles. The lowest BCUT2D eigenvalue weighted by Crippen LogP contribution is -2.24. The van der Waals surface area contributed by atoms with E-state index in [1.165, 1.54) is 0 Å². The van der Waals surface area contributed by atoms with Crippen LogP contribution in [0, 0.1) is 6.92 Å². The molecule has 3 nitrogen and oxygen atoms in total. The molecule has 0 atom stereocenters. The van der Waals surface area contributed by atoms with Crippen LogP contribution in [-0.2, 0) is 0 Å². The van der Waals surface area contributed by atoms with Crippen molar-refractivity contribution in [3.8, 4) is 0 Å². The highest BCUT2D eigenvalue weighted by Gasteiger charge is 2.06. The largest absolute Gasteiger partial charge is 0.352 e. The highest BCUT2D eigenvalue weighted by atomic mass is 16.1. The maximum atomic E-state index is 11.5. The van der Waals surface area contributed by atoms with Gasteiger partial charge in [-0.3, -0.25) is 9.78 Å². The van der Waals surface area contributed by atoms with Gasteiger partial charge in [-0.05, 0) is 25.5 Å². The molecule has 0 aromatic carbocycles. The Hall–Kier alpha value is -1.38. The van der Waals surface area contributed by atoms with E-state index >= 15 is 0 Å². The van der Waals surface area contributed by atoms with Gasteiger partial charge in [0.2, 0.25) is 0 Å². The minimum Gasteiger partial charge on any atom is -0.352 e. The van der Waals surface area contributed by atoms with Gasteiger partial charge in [0, 0.05) is 18.4 Å². The normalized spacial score (nSPS) is 9.69. The third-order valence-corrected chi connectivity index (χ3v) is 1.79. The first-order chi connectivity index (χ1) is 6.25. The van der Waals surface area contributed by atoms with Crippen LogP contribution in [0.5, 0.6) is 0 Å². The summed E-state index contributed by atoms with van der Waals surface area (Å²) in [6, 6.07) is 3.56. The van der Waals surface area contributed by atoms with Crippen molar-refractivity contribution in [2.45, 2.75) is 20.3 Å². The van der Waals surface area contributed by atoms with Gasteiger partial charge in [0.1, 0.15) is 0 Å². The van der Waals surface area contributed by atoms with Gasteiger partial charge in [0.25, 0.3) is 5.91 Å². The quantitative estimate of drug-likeness (QED) is 0.762. The molecule has 1 heterocycles. The molecular formula is C10H14N2O. The van der Waals surface area contributed by atoms with Crippen molar-refractivity contribution in [2.75, 3.05) is 6.54 Å². The number of carbonyl (C=O) groups excluding carboxylic acids is 1. The van der Waals surface area contributed by atoms with Crippen LogP contribution in [0.2, 0.25) is 0 Å². The summed E-state index contributed by atoms with van der Waals surface area (Å²) in [6.45, 7) is 4.57. The third kappa shape index (κ3) is 2.54. The van der Waals surface area contributed by atoms with Crippen LogP contribution in [0.25, 0.3) is 0 Å². The molecule has 1 amide bonds. The molecule has 70 valence electrons. The van der Waals surface area contributed by atoms with Gasteiger partial charge < -0.3 is 5.32 Å². The first-order valence-electron chi connectivity index (χ1n) is 4.45. The standard InChI is InChI=1S/C10H14N2O/c1-3-6-12-10(13)9-5-4-7-11-8(9)2/h4-5,7H,3,6H2,1-2H3,(H,12,13). The molecule has 0 spiro atoms. The predicted molar refractivity (Wildman–Crippen MR) is 51.6 cm³/mol. The van der Waals surface area contributed by atoms with Crippen molar-refractivity contribution < 1.29 is 4.79 Å². The molecule has 0 bridgehead atoms.